The number of carbonyl (C=O) groups excluding carboxylic acids is 1. The second kappa shape index (κ2) is 9.66. The molecule has 3 unspecified atom stereocenters. The fraction of sp³-hybridized carbons (Fsp3) is 0.562. The fourth-order valence-electron chi connectivity index (χ4n) is 1.96. The largest absolute Gasteiger partial charge is 0.396 e. The zero-order chi connectivity index (χ0) is 16.5. The first kappa shape index (κ1) is 18.7. The molecule has 0 spiro atoms. The lowest BCUT2D eigenvalue weighted by molar-refractivity contribution is 0.179. The van der Waals surface area contributed by atoms with E-state index in [9.17, 15) is 4.79 Å². The summed E-state index contributed by atoms with van der Waals surface area (Å²) in [6.45, 7) is 4.32. The third-order valence-electron chi connectivity index (χ3n) is 3.69. The van der Waals surface area contributed by atoms with Gasteiger partial charge in [-0.1, -0.05) is 30.7 Å². The van der Waals surface area contributed by atoms with Gasteiger partial charge in [0.05, 0.1) is 6.04 Å². The summed E-state index contributed by atoms with van der Waals surface area (Å²) >= 11 is 5.90. The molecule has 1 rings (SSSR count). The number of aliphatic hydroxyl groups excluding tert-OH is 1. The van der Waals surface area contributed by atoms with Crippen LogP contribution in [0.2, 0.25) is 5.02 Å². The summed E-state index contributed by atoms with van der Waals surface area (Å²) in [5, 5.41) is 15.6. The van der Waals surface area contributed by atoms with E-state index in [1.165, 1.54) is 0 Å². The zero-order valence-corrected chi connectivity index (χ0v) is 14.1. The monoisotopic (exact) mass is 328 g/mol. The van der Waals surface area contributed by atoms with Crippen LogP contribution in [0.4, 0.5) is 4.79 Å². The maximum absolute atomic E-state index is 12.1. The van der Waals surface area contributed by atoms with Gasteiger partial charge in [0.15, 0.2) is 0 Å². The molecule has 1 aromatic rings. The number of ether oxygens (including phenoxy) is 1. The quantitative estimate of drug-likeness (QED) is 0.687. The molecule has 0 saturated carbocycles. The molecule has 0 aliphatic carbocycles. The van der Waals surface area contributed by atoms with Crippen LogP contribution < -0.4 is 10.6 Å². The number of carbonyl (C=O) groups is 1. The Morgan fingerprint density at radius 2 is 1.91 bits per heavy atom. The first-order valence-corrected chi connectivity index (χ1v) is 7.78. The van der Waals surface area contributed by atoms with E-state index in [2.05, 4.69) is 10.6 Å². The molecule has 3 N–H and O–H groups in total. The molecule has 124 valence electrons. The van der Waals surface area contributed by atoms with Crippen molar-refractivity contribution >= 4 is 17.6 Å². The highest BCUT2D eigenvalue weighted by Crippen LogP contribution is 2.19. The lowest BCUT2D eigenvalue weighted by atomic mass is 10.0. The van der Waals surface area contributed by atoms with E-state index in [4.69, 9.17) is 21.4 Å². The van der Waals surface area contributed by atoms with Gasteiger partial charge >= 0.3 is 6.03 Å². The average Bonchev–Trinajstić information content (AvgIpc) is 2.51. The Morgan fingerprint density at radius 1 is 1.27 bits per heavy atom. The second-order valence-corrected chi connectivity index (χ2v) is 5.89. The van der Waals surface area contributed by atoms with Crippen LogP contribution in [0.3, 0.4) is 0 Å². The summed E-state index contributed by atoms with van der Waals surface area (Å²) in [4.78, 5) is 12.1. The molecule has 0 aliphatic rings. The molecule has 0 fully saturated rings. The van der Waals surface area contributed by atoms with Crippen LogP contribution in [0.25, 0.3) is 0 Å². The van der Waals surface area contributed by atoms with E-state index in [0.717, 1.165) is 5.56 Å². The van der Waals surface area contributed by atoms with Crippen LogP contribution in [0, 0.1) is 5.92 Å². The number of nitrogens with one attached hydrogen (secondary N) is 2. The molecule has 0 heterocycles. The molecule has 22 heavy (non-hydrogen) atoms. The van der Waals surface area contributed by atoms with Gasteiger partial charge in [0.1, 0.15) is 0 Å². The standard InChI is InChI=1S/C16H25ClN2O3/c1-11(10-20)12(2)18-16(21)19-15(8-9-22-3)13-4-6-14(17)7-5-13/h4-7,11-12,15,20H,8-10H2,1-3H3,(H2,18,19,21). The van der Waals surface area contributed by atoms with Crippen LogP contribution in [0.5, 0.6) is 0 Å². The van der Waals surface area contributed by atoms with E-state index >= 15 is 0 Å². The van der Waals surface area contributed by atoms with Crippen LogP contribution in [0.15, 0.2) is 24.3 Å². The van der Waals surface area contributed by atoms with E-state index in [1.807, 2.05) is 26.0 Å². The maximum atomic E-state index is 12.1. The minimum atomic E-state index is -0.260. The lowest BCUT2D eigenvalue weighted by Crippen LogP contribution is -2.45. The van der Waals surface area contributed by atoms with Crippen molar-refractivity contribution in [2.75, 3.05) is 20.3 Å². The van der Waals surface area contributed by atoms with Gasteiger partial charge in [-0.05, 0) is 37.0 Å². The summed E-state index contributed by atoms with van der Waals surface area (Å²) < 4.78 is 5.10. The Morgan fingerprint density at radius 3 is 2.45 bits per heavy atom. The Balaban J connectivity index is 2.68. The summed E-state index contributed by atoms with van der Waals surface area (Å²) in [7, 11) is 1.63. The van der Waals surface area contributed by atoms with Gasteiger partial charge in [0, 0.05) is 31.4 Å². The van der Waals surface area contributed by atoms with Gasteiger partial charge in [-0.25, -0.2) is 4.79 Å². The molecule has 0 aromatic heterocycles. The van der Waals surface area contributed by atoms with Crippen LogP contribution in [0.1, 0.15) is 31.9 Å². The normalized spacial score (nSPS) is 15.0. The van der Waals surface area contributed by atoms with Gasteiger partial charge in [0.2, 0.25) is 0 Å². The SMILES string of the molecule is COCCC(NC(=O)NC(C)C(C)CO)c1ccc(Cl)cc1. The average molecular weight is 329 g/mol. The molecular formula is C16H25ClN2O3. The lowest BCUT2D eigenvalue weighted by Gasteiger charge is -2.23. The topological polar surface area (TPSA) is 70.6 Å². The fourth-order valence-corrected chi connectivity index (χ4v) is 2.09. The molecule has 0 aliphatic heterocycles. The van der Waals surface area contributed by atoms with Crippen molar-refractivity contribution in [2.24, 2.45) is 5.92 Å². The van der Waals surface area contributed by atoms with Crippen molar-refractivity contribution in [3.63, 3.8) is 0 Å². The number of halogens is 1. The van der Waals surface area contributed by atoms with E-state index in [1.54, 1.807) is 19.2 Å². The number of rotatable bonds is 8. The first-order valence-electron chi connectivity index (χ1n) is 7.40. The minimum Gasteiger partial charge on any atom is -0.396 e. The summed E-state index contributed by atoms with van der Waals surface area (Å²) in [5.41, 5.74) is 0.972. The number of methoxy groups -OCH3 is 1. The number of amides is 2. The molecule has 1 aromatic carbocycles. The van der Waals surface area contributed by atoms with Crippen molar-refractivity contribution in [1.82, 2.24) is 10.6 Å². The highest BCUT2D eigenvalue weighted by atomic mass is 35.5. The van der Waals surface area contributed by atoms with Crippen molar-refractivity contribution < 1.29 is 14.6 Å². The predicted molar refractivity (Wildman–Crippen MR) is 88.1 cm³/mol. The summed E-state index contributed by atoms with van der Waals surface area (Å²) in [5.74, 6) is -0.00120. The third-order valence-corrected chi connectivity index (χ3v) is 3.94. The number of hydrogen-bond acceptors (Lipinski definition) is 3. The summed E-state index contributed by atoms with van der Waals surface area (Å²) in [6, 6.07) is 6.85. The van der Waals surface area contributed by atoms with Crippen molar-refractivity contribution in [2.45, 2.75) is 32.4 Å². The van der Waals surface area contributed by atoms with E-state index < -0.39 is 0 Å². The van der Waals surface area contributed by atoms with E-state index in [0.29, 0.717) is 18.1 Å². The Kier molecular flexibility index (Phi) is 8.24. The molecule has 6 heteroatoms. The van der Waals surface area contributed by atoms with Crippen molar-refractivity contribution in [1.29, 1.82) is 0 Å². The van der Waals surface area contributed by atoms with E-state index in [-0.39, 0.29) is 30.6 Å². The summed E-state index contributed by atoms with van der Waals surface area (Å²) in [6.07, 6.45) is 0.662. The highest BCUT2D eigenvalue weighted by molar-refractivity contribution is 6.30. The number of aliphatic hydroxyl groups is 1. The Bertz CT molecular complexity index is 453. The molecule has 0 saturated heterocycles. The van der Waals surface area contributed by atoms with Crippen molar-refractivity contribution in [3.8, 4) is 0 Å². The Hall–Kier alpha value is -1.30. The van der Waals surface area contributed by atoms with Gasteiger partial charge in [-0.2, -0.15) is 0 Å². The van der Waals surface area contributed by atoms with Crippen LogP contribution >= 0.6 is 11.6 Å². The maximum Gasteiger partial charge on any atom is 0.315 e. The molecule has 2 amide bonds. The van der Waals surface area contributed by atoms with Crippen LogP contribution in [-0.2, 0) is 4.74 Å². The molecule has 3 atom stereocenters. The van der Waals surface area contributed by atoms with Gasteiger partial charge in [-0.3, -0.25) is 0 Å². The Labute approximate surface area is 137 Å². The van der Waals surface area contributed by atoms with Gasteiger partial charge in [0.25, 0.3) is 0 Å². The number of hydrogen-bond donors (Lipinski definition) is 3. The third kappa shape index (κ3) is 6.22. The molecule has 5 nitrogen and oxygen atoms in total. The minimum absolute atomic E-state index is 0.00120. The molecule has 0 bridgehead atoms. The predicted octanol–water partition coefficient (Wildman–Crippen LogP) is 2.73. The first-order chi connectivity index (χ1) is 10.5. The van der Waals surface area contributed by atoms with Gasteiger partial charge < -0.3 is 20.5 Å². The molecule has 0 radical (unpaired) electrons. The number of benzene rings is 1. The van der Waals surface area contributed by atoms with Crippen molar-refractivity contribution in [3.05, 3.63) is 34.9 Å². The second-order valence-electron chi connectivity index (χ2n) is 5.45. The molecular weight excluding hydrogens is 304 g/mol. The van der Waals surface area contributed by atoms with Gasteiger partial charge in [-0.15, -0.1) is 0 Å². The highest BCUT2D eigenvalue weighted by Gasteiger charge is 2.18. The zero-order valence-electron chi connectivity index (χ0n) is 13.3. The van der Waals surface area contributed by atoms with Crippen LogP contribution in [-0.4, -0.2) is 37.5 Å². The smallest absolute Gasteiger partial charge is 0.315 e. The number of urea groups is 1.